The lowest BCUT2D eigenvalue weighted by Gasteiger charge is -2.34. The largest absolute Gasteiger partial charge is 0.358 e. The molecule has 1 aliphatic heterocycles. The molecular weight excluding hydrogens is 364 g/mol. The molecule has 0 aliphatic carbocycles. The Morgan fingerprint density at radius 1 is 1.26 bits per heavy atom. The van der Waals surface area contributed by atoms with Gasteiger partial charge in [0.25, 0.3) is 0 Å². The van der Waals surface area contributed by atoms with Crippen LogP contribution in [0.2, 0.25) is 5.02 Å². The first-order valence-electron chi connectivity index (χ1n) is 8.75. The van der Waals surface area contributed by atoms with Crippen molar-refractivity contribution in [1.82, 2.24) is 20.4 Å². The zero-order valence-corrected chi connectivity index (χ0v) is 15.6. The van der Waals surface area contributed by atoms with Crippen LogP contribution in [0.3, 0.4) is 0 Å². The molecule has 0 spiro atoms. The molecule has 7 heteroatoms. The number of hydrogen-bond acceptors (Lipinski definition) is 5. The fraction of sp³-hybridized carbons (Fsp3) is 0.250. The molecule has 1 unspecified atom stereocenters. The van der Waals surface area contributed by atoms with Gasteiger partial charge < -0.3 is 9.84 Å². The van der Waals surface area contributed by atoms with Crippen molar-refractivity contribution in [2.45, 2.75) is 25.6 Å². The Morgan fingerprint density at radius 3 is 2.85 bits per heavy atom. The number of halogens is 1. The highest BCUT2D eigenvalue weighted by Crippen LogP contribution is 2.26. The van der Waals surface area contributed by atoms with Crippen LogP contribution < -0.4 is 5.32 Å². The monoisotopic (exact) mass is 382 g/mol. The standard InChI is InChI=1S/C20H19ClN4O2/c1-22-20(26)17-10-13-5-2-3-6-15(13)11-25(17)12-18-23-19(24-27-18)14-7-4-8-16(21)9-14/h2-9,17H,10-12H2,1H3,(H,22,26). The van der Waals surface area contributed by atoms with Crippen molar-refractivity contribution in [2.75, 3.05) is 7.05 Å². The minimum absolute atomic E-state index is 0.0147. The molecule has 1 aromatic heterocycles. The molecule has 3 aromatic rings. The van der Waals surface area contributed by atoms with E-state index in [0.29, 0.717) is 36.2 Å². The second kappa shape index (κ2) is 7.50. The maximum atomic E-state index is 12.4. The first-order valence-corrected chi connectivity index (χ1v) is 9.13. The molecule has 6 nitrogen and oxygen atoms in total. The highest BCUT2D eigenvalue weighted by Gasteiger charge is 2.32. The first-order chi connectivity index (χ1) is 13.1. The molecule has 1 N–H and O–H groups in total. The molecule has 2 heterocycles. The number of carbonyl (C=O) groups excluding carboxylic acids is 1. The van der Waals surface area contributed by atoms with E-state index in [1.165, 1.54) is 11.1 Å². The smallest absolute Gasteiger partial charge is 0.241 e. The molecule has 1 amide bonds. The van der Waals surface area contributed by atoms with E-state index >= 15 is 0 Å². The van der Waals surface area contributed by atoms with E-state index in [1.54, 1.807) is 19.2 Å². The number of aromatic nitrogens is 2. The van der Waals surface area contributed by atoms with Crippen LogP contribution in [0.4, 0.5) is 0 Å². The number of benzene rings is 2. The Balaban J connectivity index is 1.58. The quantitative estimate of drug-likeness (QED) is 0.750. The van der Waals surface area contributed by atoms with Gasteiger partial charge in [0, 0.05) is 24.2 Å². The lowest BCUT2D eigenvalue weighted by Crippen LogP contribution is -2.49. The Labute approximate surface area is 162 Å². The SMILES string of the molecule is CNC(=O)C1Cc2ccccc2CN1Cc1nc(-c2cccc(Cl)c2)no1. The van der Waals surface area contributed by atoms with Gasteiger partial charge in [-0.3, -0.25) is 9.69 Å². The van der Waals surface area contributed by atoms with Gasteiger partial charge >= 0.3 is 0 Å². The number of nitrogens with one attached hydrogen (secondary N) is 1. The fourth-order valence-corrected chi connectivity index (χ4v) is 3.60. The third-order valence-corrected chi connectivity index (χ3v) is 5.02. The van der Waals surface area contributed by atoms with Gasteiger partial charge in [-0.05, 0) is 29.7 Å². The lowest BCUT2D eigenvalue weighted by atomic mass is 9.93. The summed E-state index contributed by atoms with van der Waals surface area (Å²) in [6, 6.07) is 15.2. The van der Waals surface area contributed by atoms with E-state index in [4.69, 9.17) is 16.1 Å². The highest BCUT2D eigenvalue weighted by atomic mass is 35.5. The second-order valence-electron chi connectivity index (χ2n) is 6.53. The van der Waals surface area contributed by atoms with Gasteiger partial charge in [-0.15, -0.1) is 0 Å². The van der Waals surface area contributed by atoms with Crippen LogP contribution in [-0.4, -0.2) is 34.0 Å². The van der Waals surface area contributed by atoms with Gasteiger partial charge in [0.15, 0.2) is 0 Å². The van der Waals surface area contributed by atoms with Crippen LogP contribution in [0.1, 0.15) is 17.0 Å². The molecule has 0 saturated heterocycles. The van der Waals surface area contributed by atoms with Gasteiger partial charge in [0.2, 0.25) is 17.6 Å². The van der Waals surface area contributed by atoms with Crippen LogP contribution in [0.15, 0.2) is 53.1 Å². The van der Waals surface area contributed by atoms with E-state index in [0.717, 1.165) is 5.56 Å². The molecule has 1 atom stereocenters. The zero-order chi connectivity index (χ0) is 18.8. The number of likely N-dealkylation sites (N-methyl/N-ethyl adjacent to an activating group) is 1. The summed E-state index contributed by atoms with van der Waals surface area (Å²) < 4.78 is 5.43. The Kier molecular flexibility index (Phi) is 4.92. The van der Waals surface area contributed by atoms with E-state index in [-0.39, 0.29) is 11.9 Å². The van der Waals surface area contributed by atoms with E-state index < -0.39 is 0 Å². The molecule has 0 fully saturated rings. The number of rotatable bonds is 4. The average molecular weight is 383 g/mol. The van der Waals surface area contributed by atoms with Crippen molar-refractivity contribution < 1.29 is 9.32 Å². The molecule has 1 aliphatic rings. The van der Waals surface area contributed by atoms with Crippen molar-refractivity contribution in [3.8, 4) is 11.4 Å². The Bertz CT molecular complexity index is 972. The number of nitrogens with zero attached hydrogens (tertiary/aromatic N) is 3. The third kappa shape index (κ3) is 3.72. The summed E-state index contributed by atoms with van der Waals surface area (Å²) in [7, 11) is 1.66. The Morgan fingerprint density at radius 2 is 2.07 bits per heavy atom. The Hall–Kier alpha value is -2.70. The van der Waals surface area contributed by atoms with Gasteiger partial charge in [-0.25, -0.2) is 0 Å². The normalized spacial score (nSPS) is 16.7. The zero-order valence-electron chi connectivity index (χ0n) is 14.9. The fourth-order valence-electron chi connectivity index (χ4n) is 3.41. The number of fused-ring (bicyclic) bond motifs is 1. The molecule has 138 valence electrons. The van der Waals surface area contributed by atoms with Crippen LogP contribution in [0.5, 0.6) is 0 Å². The summed E-state index contributed by atoms with van der Waals surface area (Å²) in [5.41, 5.74) is 3.21. The molecular formula is C20H19ClN4O2. The van der Waals surface area contributed by atoms with Crippen molar-refractivity contribution >= 4 is 17.5 Å². The summed E-state index contributed by atoms with van der Waals surface area (Å²) in [5, 5.41) is 7.43. The summed E-state index contributed by atoms with van der Waals surface area (Å²) in [6.45, 7) is 1.06. The predicted molar refractivity (Wildman–Crippen MR) is 102 cm³/mol. The van der Waals surface area contributed by atoms with E-state index in [1.807, 2.05) is 24.3 Å². The first kappa shape index (κ1) is 17.7. The van der Waals surface area contributed by atoms with Crippen molar-refractivity contribution in [3.63, 3.8) is 0 Å². The molecule has 0 saturated carbocycles. The summed E-state index contributed by atoms with van der Waals surface area (Å²) in [5.74, 6) is 0.943. The van der Waals surface area contributed by atoms with E-state index in [9.17, 15) is 4.79 Å². The van der Waals surface area contributed by atoms with Gasteiger partial charge in [-0.1, -0.05) is 53.2 Å². The lowest BCUT2D eigenvalue weighted by molar-refractivity contribution is -0.126. The maximum Gasteiger partial charge on any atom is 0.241 e. The summed E-state index contributed by atoms with van der Waals surface area (Å²) in [6.07, 6.45) is 0.658. The summed E-state index contributed by atoms with van der Waals surface area (Å²) >= 11 is 6.04. The van der Waals surface area contributed by atoms with Crippen LogP contribution in [0.25, 0.3) is 11.4 Å². The minimum Gasteiger partial charge on any atom is -0.358 e. The van der Waals surface area contributed by atoms with Crippen LogP contribution >= 0.6 is 11.6 Å². The molecule has 2 aromatic carbocycles. The molecule has 4 rings (SSSR count). The number of amides is 1. The van der Waals surface area contributed by atoms with E-state index in [2.05, 4.69) is 32.5 Å². The number of hydrogen-bond donors (Lipinski definition) is 1. The van der Waals surface area contributed by atoms with Crippen molar-refractivity contribution in [2.24, 2.45) is 0 Å². The minimum atomic E-state index is -0.272. The molecule has 0 radical (unpaired) electrons. The second-order valence-corrected chi connectivity index (χ2v) is 6.97. The van der Waals surface area contributed by atoms with Crippen molar-refractivity contribution in [1.29, 1.82) is 0 Å². The van der Waals surface area contributed by atoms with Gasteiger partial charge in [-0.2, -0.15) is 4.98 Å². The maximum absolute atomic E-state index is 12.4. The van der Waals surface area contributed by atoms with Gasteiger partial charge in [0.1, 0.15) is 0 Å². The highest BCUT2D eigenvalue weighted by molar-refractivity contribution is 6.30. The van der Waals surface area contributed by atoms with Crippen LogP contribution in [-0.2, 0) is 24.3 Å². The number of carbonyl (C=O) groups is 1. The average Bonchev–Trinajstić information content (AvgIpc) is 3.15. The van der Waals surface area contributed by atoms with Crippen LogP contribution in [0, 0.1) is 0 Å². The topological polar surface area (TPSA) is 71.3 Å². The predicted octanol–water partition coefficient (Wildman–Crippen LogP) is 3.06. The molecule has 0 bridgehead atoms. The molecule has 27 heavy (non-hydrogen) atoms. The third-order valence-electron chi connectivity index (χ3n) is 4.78. The van der Waals surface area contributed by atoms with Gasteiger partial charge in [0.05, 0.1) is 12.6 Å². The summed E-state index contributed by atoms with van der Waals surface area (Å²) in [4.78, 5) is 19.0. The van der Waals surface area contributed by atoms with Crippen molar-refractivity contribution in [3.05, 3.63) is 70.6 Å².